The number of carbonyl (C=O) groups is 1. The second-order valence-corrected chi connectivity index (χ2v) is 10.6. The van der Waals surface area contributed by atoms with E-state index in [0.29, 0.717) is 18.5 Å². The normalized spacial score (nSPS) is 22.8. The van der Waals surface area contributed by atoms with Crippen molar-refractivity contribution in [2.45, 2.75) is 65.5 Å². The molecule has 0 aromatic heterocycles. The third kappa shape index (κ3) is 4.23. The van der Waals surface area contributed by atoms with Gasteiger partial charge in [-0.3, -0.25) is 9.69 Å². The minimum atomic E-state index is 0.0305. The molecule has 1 fully saturated rings. The van der Waals surface area contributed by atoms with Gasteiger partial charge in [0.2, 0.25) is 0 Å². The van der Waals surface area contributed by atoms with Crippen molar-refractivity contribution in [3.8, 4) is 0 Å². The topological polar surface area (TPSA) is 35.9 Å². The van der Waals surface area contributed by atoms with Gasteiger partial charge in [0.1, 0.15) is 0 Å². The van der Waals surface area contributed by atoms with Crippen molar-refractivity contribution in [1.29, 1.82) is 0 Å². The highest BCUT2D eigenvalue weighted by molar-refractivity contribution is 8.18. The zero-order valence-electron chi connectivity index (χ0n) is 19.9. The van der Waals surface area contributed by atoms with Crippen molar-refractivity contribution < 1.29 is 4.79 Å². The van der Waals surface area contributed by atoms with E-state index in [4.69, 9.17) is 4.99 Å². The van der Waals surface area contributed by atoms with E-state index in [0.717, 1.165) is 27.7 Å². The molecule has 168 valence electrons. The minimum absolute atomic E-state index is 0.0305. The van der Waals surface area contributed by atoms with E-state index in [1.165, 1.54) is 23.0 Å². The highest BCUT2D eigenvalue weighted by Gasteiger charge is 2.38. The fourth-order valence-corrected chi connectivity index (χ4v) is 6.23. The summed E-state index contributed by atoms with van der Waals surface area (Å²) in [5.74, 6) is 0.505. The van der Waals surface area contributed by atoms with Crippen molar-refractivity contribution >= 4 is 40.3 Å². The van der Waals surface area contributed by atoms with Crippen LogP contribution < -0.4 is 4.90 Å². The number of hydrogen-bond acceptors (Lipinski definition) is 4. The number of fused-ring (bicyclic) bond motifs is 1. The Kier molecular flexibility index (Phi) is 6.22. The van der Waals surface area contributed by atoms with E-state index < -0.39 is 0 Å². The quantitative estimate of drug-likeness (QED) is 0.483. The summed E-state index contributed by atoms with van der Waals surface area (Å²) in [4.78, 5) is 22.8. The second kappa shape index (κ2) is 8.78. The largest absolute Gasteiger partial charge is 0.364 e. The van der Waals surface area contributed by atoms with Gasteiger partial charge in [-0.15, -0.1) is 0 Å². The van der Waals surface area contributed by atoms with Crippen LogP contribution in [-0.4, -0.2) is 34.1 Å². The number of likely N-dealkylation sites (N-methyl/N-ethyl adjacent to an activating group) is 1. The fourth-order valence-electron chi connectivity index (χ4n) is 5.17. The zero-order valence-corrected chi connectivity index (χ0v) is 20.7. The lowest BCUT2D eigenvalue weighted by Crippen LogP contribution is -2.51. The van der Waals surface area contributed by atoms with Crippen LogP contribution in [0.25, 0.3) is 6.08 Å². The number of amidine groups is 1. The number of carbonyl (C=O) groups excluding carboxylic acids is 1. The Morgan fingerprint density at radius 1 is 1.19 bits per heavy atom. The fraction of sp³-hybridized carbons (Fsp3) is 0.407. The molecule has 1 saturated heterocycles. The van der Waals surface area contributed by atoms with Crippen molar-refractivity contribution in [3.05, 3.63) is 64.6 Å². The van der Waals surface area contributed by atoms with Gasteiger partial charge in [-0.1, -0.05) is 31.2 Å². The van der Waals surface area contributed by atoms with Crippen molar-refractivity contribution in [2.24, 2.45) is 4.99 Å². The second-order valence-electron chi connectivity index (χ2n) is 9.59. The van der Waals surface area contributed by atoms with Crippen LogP contribution in [0.2, 0.25) is 0 Å². The molecular weight excluding hydrogens is 414 g/mol. The molecule has 2 aromatic carbocycles. The summed E-state index contributed by atoms with van der Waals surface area (Å²) in [5, 5.41) is 0.744. The summed E-state index contributed by atoms with van der Waals surface area (Å²) in [6.45, 7) is 14.1. The van der Waals surface area contributed by atoms with Gasteiger partial charge in [0.05, 0.1) is 10.6 Å². The number of para-hydroxylation sites is 1. The average molecular weight is 448 g/mol. The number of hydrogen-bond donors (Lipinski definition) is 0. The highest BCUT2D eigenvalue weighted by Crippen LogP contribution is 2.45. The average Bonchev–Trinajstić information content (AvgIpc) is 3.02. The Labute approximate surface area is 196 Å². The van der Waals surface area contributed by atoms with Gasteiger partial charge in [-0.25, -0.2) is 4.99 Å². The molecule has 2 heterocycles. The molecule has 0 bridgehead atoms. The van der Waals surface area contributed by atoms with Crippen LogP contribution in [0.5, 0.6) is 0 Å². The molecule has 4 nitrogen and oxygen atoms in total. The van der Waals surface area contributed by atoms with Gasteiger partial charge >= 0.3 is 0 Å². The molecule has 2 aliphatic rings. The molecular formula is C27H33N3OS. The third-order valence-electron chi connectivity index (χ3n) is 6.30. The molecule has 0 aliphatic carbocycles. The Morgan fingerprint density at radius 2 is 1.91 bits per heavy atom. The number of benzene rings is 2. The van der Waals surface area contributed by atoms with E-state index >= 15 is 0 Å². The van der Waals surface area contributed by atoms with E-state index in [1.807, 2.05) is 43.3 Å². The first-order chi connectivity index (χ1) is 15.2. The van der Waals surface area contributed by atoms with Crippen molar-refractivity contribution in [2.75, 3.05) is 11.4 Å². The Hall–Kier alpha value is -2.53. The van der Waals surface area contributed by atoms with E-state index in [2.05, 4.69) is 57.7 Å². The number of anilines is 1. The van der Waals surface area contributed by atoms with E-state index in [9.17, 15) is 4.79 Å². The summed E-state index contributed by atoms with van der Waals surface area (Å²) in [5.41, 5.74) is 4.75. The van der Waals surface area contributed by atoms with Gasteiger partial charge in [-0.05, 0) is 100 Å². The summed E-state index contributed by atoms with van der Waals surface area (Å²) < 4.78 is 0. The lowest BCUT2D eigenvalue weighted by molar-refractivity contribution is -0.122. The van der Waals surface area contributed by atoms with Crippen LogP contribution in [0.1, 0.15) is 65.0 Å². The molecule has 1 amide bonds. The molecule has 0 N–H and O–H groups in total. The molecule has 0 spiro atoms. The Bertz CT molecular complexity index is 1070. The molecule has 1 atom stereocenters. The van der Waals surface area contributed by atoms with Gasteiger partial charge in [0, 0.05) is 23.8 Å². The molecule has 4 rings (SSSR count). The van der Waals surface area contributed by atoms with Crippen LogP contribution in [0.15, 0.2) is 58.4 Å². The summed E-state index contributed by atoms with van der Waals surface area (Å²) >= 11 is 1.46. The predicted molar refractivity (Wildman–Crippen MR) is 138 cm³/mol. The van der Waals surface area contributed by atoms with Gasteiger partial charge in [-0.2, -0.15) is 0 Å². The lowest BCUT2D eigenvalue weighted by Gasteiger charge is -2.50. The number of amides is 1. The summed E-state index contributed by atoms with van der Waals surface area (Å²) in [6, 6.07) is 16.9. The van der Waals surface area contributed by atoms with Gasteiger partial charge in [0.15, 0.2) is 5.17 Å². The van der Waals surface area contributed by atoms with Gasteiger partial charge < -0.3 is 4.90 Å². The molecule has 2 aliphatic heterocycles. The maximum absolute atomic E-state index is 13.1. The number of nitrogens with zero attached hydrogens (tertiary/aromatic N) is 3. The van der Waals surface area contributed by atoms with E-state index in [-0.39, 0.29) is 11.4 Å². The predicted octanol–water partition coefficient (Wildman–Crippen LogP) is 6.81. The summed E-state index contributed by atoms with van der Waals surface area (Å²) in [6.07, 6.45) is 3.14. The minimum Gasteiger partial charge on any atom is -0.364 e. The zero-order chi connectivity index (χ0) is 23.0. The molecule has 32 heavy (non-hydrogen) atoms. The smallest absolute Gasteiger partial charge is 0.266 e. The number of thioether (sulfide) groups is 1. The van der Waals surface area contributed by atoms with Crippen LogP contribution >= 0.6 is 11.8 Å². The molecule has 0 radical (unpaired) electrons. The molecule has 2 aromatic rings. The lowest BCUT2D eigenvalue weighted by atomic mass is 9.79. The molecule has 0 saturated carbocycles. The first-order valence-corrected chi connectivity index (χ1v) is 12.3. The maximum atomic E-state index is 13.1. The Balaban J connectivity index is 1.68. The van der Waals surface area contributed by atoms with Gasteiger partial charge in [0.25, 0.3) is 5.91 Å². The monoisotopic (exact) mass is 447 g/mol. The highest BCUT2D eigenvalue weighted by atomic mass is 32.2. The standard InChI is InChI=1S/C27H33N3OS/c1-7-29-25(31)24(32-26(29)28-21-11-9-8-10-12-21)16-20-13-14-23-22(15-20)19(4)17-27(5,6)30(23)18(2)3/h8-16,18-19H,7,17H2,1-6H3/b24-16-,28-26?/t19-/m1/s1. The number of aliphatic imine (C=N–C) groups is 1. The van der Waals surface area contributed by atoms with Crippen molar-refractivity contribution in [1.82, 2.24) is 4.90 Å². The maximum Gasteiger partial charge on any atom is 0.266 e. The van der Waals surface area contributed by atoms with Crippen molar-refractivity contribution in [3.63, 3.8) is 0 Å². The SMILES string of the molecule is CCN1C(=O)/C(=C/c2ccc3c(c2)[C@H](C)CC(C)(C)N3C(C)C)SC1=Nc1ccccc1. The molecule has 5 heteroatoms. The Morgan fingerprint density at radius 3 is 2.56 bits per heavy atom. The van der Waals surface area contributed by atoms with Crippen LogP contribution in [-0.2, 0) is 4.79 Å². The van der Waals surface area contributed by atoms with Crippen LogP contribution in [0.3, 0.4) is 0 Å². The third-order valence-corrected chi connectivity index (χ3v) is 7.31. The summed E-state index contributed by atoms with van der Waals surface area (Å²) in [7, 11) is 0. The first kappa shape index (κ1) is 22.7. The molecule has 0 unspecified atom stereocenters. The van der Waals surface area contributed by atoms with E-state index in [1.54, 1.807) is 4.90 Å². The number of rotatable bonds is 4. The van der Waals surface area contributed by atoms with Crippen LogP contribution in [0.4, 0.5) is 11.4 Å². The first-order valence-electron chi connectivity index (χ1n) is 11.5. The van der Waals surface area contributed by atoms with Crippen LogP contribution in [0, 0.1) is 0 Å².